The molecule has 0 saturated carbocycles. The van der Waals surface area contributed by atoms with Gasteiger partial charge in [-0.1, -0.05) is 55.4 Å². The van der Waals surface area contributed by atoms with Gasteiger partial charge in [-0.2, -0.15) is 0 Å². The predicted octanol–water partition coefficient (Wildman–Crippen LogP) is 6.69. The molecule has 0 bridgehead atoms. The maximum atomic E-state index is 14.3. The summed E-state index contributed by atoms with van der Waals surface area (Å²) in [5, 5.41) is 38.3. The number of phenols is 1. The highest BCUT2D eigenvalue weighted by Crippen LogP contribution is 2.37. The minimum Gasteiger partial charge on any atom is -0.507 e. The molecular formula is C46H51N9O6S. The molecule has 7 heterocycles. The first-order valence-electron chi connectivity index (χ1n) is 21.4. The van der Waals surface area contributed by atoms with Crippen LogP contribution in [0.4, 0.5) is 4.79 Å². The Morgan fingerprint density at radius 2 is 1.76 bits per heavy atom. The number of H-pyrrole nitrogens is 1. The fraction of sp³-hybridized carbons (Fsp3) is 0.413. The van der Waals surface area contributed by atoms with Crippen molar-refractivity contribution in [3.63, 3.8) is 0 Å². The number of thiazole rings is 1. The fourth-order valence-corrected chi connectivity index (χ4v) is 10.1. The largest absolute Gasteiger partial charge is 0.507 e. The quantitative estimate of drug-likeness (QED) is 0.122. The van der Waals surface area contributed by atoms with Crippen molar-refractivity contribution in [1.82, 2.24) is 45.3 Å². The summed E-state index contributed by atoms with van der Waals surface area (Å²) in [6.07, 6.45) is 1.37. The molecule has 0 aliphatic carbocycles. The monoisotopic (exact) mass is 857 g/mol. The second kappa shape index (κ2) is 17.0. The van der Waals surface area contributed by atoms with Crippen LogP contribution in [0.2, 0.25) is 0 Å². The standard InChI is InChI=1S/C46H51N9O6S/c1-25(2)41(45(59)55-22-31(56)19-38(55)44(58)48-26(3)28-9-11-30(12-10-28)42-27(4)47-24-62-42)40-21-36(52-61-40)29-13-16-53(17-14-29)46(60)54-18-15-35-34(23-54)33-20-37(50-51-43(33)49-35)32-7-5-6-8-39(32)57/h5-12,20-21,24-26,29,31,38,41,56-57H,13-19,22-23H2,1-4H3,(H,48,58)(H,49,51)/t26-,31+,38-,41+/m0/s1. The number of amides is 4. The van der Waals surface area contributed by atoms with Gasteiger partial charge in [-0.25, -0.2) is 9.78 Å². The lowest BCUT2D eigenvalue weighted by Crippen LogP contribution is -2.48. The van der Waals surface area contributed by atoms with E-state index in [9.17, 15) is 24.6 Å². The van der Waals surface area contributed by atoms with Crippen molar-refractivity contribution in [2.45, 2.75) is 89.9 Å². The number of hydrogen-bond donors (Lipinski definition) is 4. The number of likely N-dealkylation sites (tertiary alicyclic amines) is 2. The number of aromatic nitrogens is 5. The van der Waals surface area contributed by atoms with Crippen molar-refractivity contribution in [3.05, 3.63) is 100 Å². The van der Waals surface area contributed by atoms with E-state index in [1.165, 1.54) is 4.90 Å². The topological polar surface area (TPSA) is 194 Å². The maximum absolute atomic E-state index is 14.3. The fourth-order valence-electron chi connectivity index (χ4n) is 9.32. The second-order valence-electron chi connectivity index (χ2n) is 17.2. The molecule has 2 fully saturated rings. The van der Waals surface area contributed by atoms with Crippen molar-refractivity contribution in [3.8, 4) is 27.4 Å². The molecule has 6 aromatic rings. The number of phenolic OH excluding ortho intramolecular Hbond substituents is 1. The van der Waals surface area contributed by atoms with Crippen LogP contribution in [0.3, 0.4) is 0 Å². The van der Waals surface area contributed by atoms with Crippen LogP contribution in [0.25, 0.3) is 32.7 Å². The van der Waals surface area contributed by atoms with Crippen LogP contribution in [0, 0.1) is 12.8 Å². The van der Waals surface area contributed by atoms with Gasteiger partial charge in [-0.3, -0.25) is 9.59 Å². The zero-order valence-corrected chi connectivity index (χ0v) is 36.1. The number of hydrogen-bond acceptors (Lipinski definition) is 11. The van der Waals surface area contributed by atoms with Crippen LogP contribution in [-0.4, -0.2) is 106 Å². The molecule has 9 rings (SSSR count). The average molecular weight is 858 g/mol. The summed E-state index contributed by atoms with van der Waals surface area (Å²) in [5.41, 5.74) is 9.42. The van der Waals surface area contributed by atoms with Crippen LogP contribution in [-0.2, 0) is 22.6 Å². The highest BCUT2D eigenvalue weighted by atomic mass is 32.1. The van der Waals surface area contributed by atoms with Gasteiger partial charge in [0.1, 0.15) is 23.5 Å². The molecule has 4 N–H and O–H groups in total. The van der Waals surface area contributed by atoms with Crippen LogP contribution < -0.4 is 5.32 Å². The molecule has 3 aliphatic heterocycles. The van der Waals surface area contributed by atoms with Crippen LogP contribution >= 0.6 is 11.3 Å². The lowest BCUT2D eigenvalue weighted by Gasteiger charge is -2.36. The van der Waals surface area contributed by atoms with Gasteiger partial charge in [0.05, 0.1) is 39.6 Å². The van der Waals surface area contributed by atoms with Crippen LogP contribution in [0.5, 0.6) is 5.75 Å². The number of aliphatic hydroxyl groups is 1. The lowest BCUT2D eigenvalue weighted by atomic mass is 9.89. The smallest absolute Gasteiger partial charge is 0.320 e. The van der Waals surface area contributed by atoms with Gasteiger partial charge in [0.25, 0.3) is 0 Å². The predicted molar refractivity (Wildman–Crippen MR) is 233 cm³/mol. The van der Waals surface area contributed by atoms with Crippen LogP contribution in [0.1, 0.15) is 91.9 Å². The molecular weight excluding hydrogens is 807 g/mol. The van der Waals surface area contributed by atoms with E-state index in [0.29, 0.717) is 68.1 Å². The molecule has 322 valence electrons. The summed E-state index contributed by atoms with van der Waals surface area (Å²) in [7, 11) is 0. The van der Waals surface area contributed by atoms with Gasteiger partial charge in [0.2, 0.25) is 11.8 Å². The first-order chi connectivity index (χ1) is 29.9. The van der Waals surface area contributed by atoms with E-state index >= 15 is 0 Å². The number of fused-ring (bicyclic) bond motifs is 3. The molecule has 4 amide bonds. The van der Waals surface area contributed by atoms with Gasteiger partial charge in [0, 0.05) is 79.8 Å². The third kappa shape index (κ3) is 7.92. The molecule has 4 aromatic heterocycles. The van der Waals surface area contributed by atoms with E-state index < -0.39 is 18.1 Å². The Balaban J connectivity index is 0.822. The van der Waals surface area contributed by atoms with Crippen molar-refractivity contribution < 1.29 is 29.1 Å². The van der Waals surface area contributed by atoms with E-state index in [1.807, 2.05) is 85.5 Å². The van der Waals surface area contributed by atoms with Gasteiger partial charge >= 0.3 is 6.03 Å². The molecule has 2 saturated heterocycles. The lowest BCUT2D eigenvalue weighted by molar-refractivity contribution is -0.141. The summed E-state index contributed by atoms with van der Waals surface area (Å²) in [6.45, 7) is 9.94. The minimum atomic E-state index is -0.832. The molecule has 0 radical (unpaired) electrons. The molecule has 2 aromatic carbocycles. The number of aliphatic hydroxyl groups excluding tert-OH is 1. The zero-order chi connectivity index (χ0) is 43.2. The van der Waals surface area contributed by atoms with Gasteiger partial charge in [-0.15, -0.1) is 21.5 Å². The highest BCUT2D eigenvalue weighted by molar-refractivity contribution is 7.13. The molecule has 62 heavy (non-hydrogen) atoms. The molecule has 3 aliphatic rings. The minimum absolute atomic E-state index is 0.0154. The Morgan fingerprint density at radius 1 is 0.984 bits per heavy atom. The van der Waals surface area contributed by atoms with Crippen molar-refractivity contribution in [2.24, 2.45) is 5.92 Å². The summed E-state index contributed by atoms with van der Waals surface area (Å²) in [4.78, 5) is 56.1. The normalized spacial score (nSPS) is 19.2. The van der Waals surface area contributed by atoms with Crippen LogP contribution in [0.15, 0.2) is 70.7 Å². The van der Waals surface area contributed by atoms with E-state index in [4.69, 9.17) is 4.52 Å². The van der Waals surface area contributed by atoms with Gasteiger partial charge < -0.3 is 39.7 Å². The maximum Gasteiger partial charge on any atom is 0.320 e. The number of aromatic hydroxyl groups is 1. The zero-order valence-electron chi connectivity index (χ0n) is 35.2. The van der Waals surface area contributed by atoms with Crippen molar-refractivity contribution >= 4 is 40.2 Å². The van der Waals surface area contributed by atoms with E-state index in [1.54, 1.807) is 29.5 Å². The molecule has 16 heteroatoms. The SMILES string of the molecule is Cc1ncsc1-c1ccc([C@H](C)NC(=O)[C@@H]2C[C@@H](O)CN2C(=O)[C@@H](c2cc(C3CCN(C(=O)N4CCc5[nH]c6nnc(-c7ccccc7O)cc6c5C4)CC3)no2)C(C)C)cc1. The number of urea groups is 1. The van der Waals surface area contributed by atoms with Gasteiger partial charge in [-0.05, 0) is 61.9 Å². The number of para-hydroxylation sites is 1. The number of piperidine rings is 1. The third-order valence-electron chi connectivity index (χ3n) is 12.8. The number of nitrogens with zero attached hydrogens (tertiary/aromatic N) is 7. The first kappa shape index (κ1) is 41.2. The number of aromatic amines is 1. The van der Waals surface area contributed by atoms with Gasteiger partial charge in [0.15, 0.2) is 5.65 Å². The Kier molecular flexibility index (Phi) is 11.3. The van der Waals surface area contributed by atoms with Crippen molar-refractivity contribution in [1.29, 1.82) is 0 Å². The highest BCUT2D eigenvalue weighted by Gasteiger charge is 2.44. The molecule has 0 unspecified atom stereocenters. The Morgan fingerprint density at radius 3 is 2.48 bits per heavy atom. The molecule has 0 spiro atoms. The number of carbonyl (C=O) groups excluding carboxylic acids is 3. The molecule has 4 atom stereocenters. The number of β-amino-alcohol motifs (C(OH)–C–C–N with tert-alkyl or cyclic N) is 1. The number of carbonyl (C=O) groups is 3. The number of aryl methyl sites for hydroxylation is 1. The number of rotatable bonds is 9. The summed E-state index contributed by atoms with van der Waals surface area (Å²) >= 11 is 1.59. The van der Waals surface area contributed by atoms with E-state index in [-0.39, 0.29) is 54.4 Å². The summed E-state index contributed by atoms with van der Waals surface area (Å²) in [5.74, 6) is -0.861. The Labute approximate surface area is 363 Å². The molecule has 15 nitrogen and oxygen atoms in total. The van der Waals surface area contributed by atoms with E-state index in [2.05, 4.69) is 30.6 Å². The Bertz CT molecular complexity index is 2610. The summed E-state index contributed by atoms with van der Waals surface area (Å²) in [6, 6.07) is 17.7. The average Bonchev–Trinajstić information content (AvgIpc) is 4.09. The summed E-state index contributed by atoms with van der Waals surface area (Å²) < 4.78 is 5.91. The second-order valence-corrected chi connectivity index (χ2v) is 18.1. The third-order valence-corrected chi connectivity index (χ3v) is 13.8. The van der Waals surface area contributed by atoms with E-state index in [0.717, 1.165) is 44.0 Å². The number of nitrogens with one attached hydrogen (secondary N) is 2. The first-order valence-corrected chi connectivity index (χ1v) is 22.3. The number of benzene rings is 2. The van der Waals surface area contributed by atoms with Crippen molar-refractivity contribution in [2.75, 3.05) is 26.2 Å². The Hall–Kier alpha value is -6.13.